The van der Waals surface area contributed by atoms with Crippen molar-refractivity contribution in [1.29, 1.82) is 0 Å². The predicted octanol–water partition coefficient (Wildman–Crippen LogP) is 2.15. The Hall–Kier alpha value is -0.820. The maximum atomic E-state index is 5.65. The molecule has 4 nitrogen and oxygen atoms in total. The first-order valence-electron chi connectivity index (χ1n) is 5.82. The second kappa shape index (κ2) is 3.58. The smallest absolute Gasteiger partial charge is 0.138 e. The maximum absolute atomic E-state index is 5.65. The second-order valence-corrected chi connectivity index (χ2v) is 5.91. The third-order valence-corrected chi connectivity index (χ3v) is 4.48. The fourth-order valence-electron chi connectivity index (χ4n) is 2.70. The molecule has 3 fully saturated rings. The average molecular weight is 341 g/mol. The zero-order valence-corrected chi connectivity index (χ0v) is 11.3. The summed E-state index contributed by atoms with van der Waals surface area (Å²) < 4.78 is 6.88. The van der Waals surface area contributed by atoms with Crippen molar-refractivity contribution >= 4 is 39.3 Å². The number of nitrogens with zero attached hydrogens (tertiary/aromatic N) is 2. The van der Waals surface area contributed by atoms with Crippen LogP contribution in [0, 0.1) is 3.57 Å². The Balaban J connectivity index is 1.72. The Morgan fingerprint density at radius 2 is 2.18 bits per heavy atom. The highest BCUT2D eigenvalue weighted by molar-refractivity contribution is 14.1. The summed E-state index contributed by atoms with van der Waals surface area (Å²) in [6.45, 7) is 2.01. The summed E-state index contributed by atoms with van der Waals surface area (Å²) in [5.41, 5.74) is 2.18. The van der Waals surface area contributed by atoms with Crippen molar-refractivity contribution < 1.29 is 4.74 Å². The van der Waals surface area contributed by atoms with Gasteiger partial charge < -0.3 is 14.6 Å². The van der Waals surface area contributed by atoms with E-state index in [9.17, 15) is 0 Å². The predicted molar refractivity (Wildman–Crippen MR) is 74.3 cm³/mol. The highest BCUT2D eigenvalue weighted by Crippen LogP contribution is 2.32. The molecule has 5 rings (SSSR count). The first-order chi connectivity index (χ1) is 8.29. The number of rotatable bonds is 1. The van der Waals surface area contributed by atoms with Crippen LogP contribution in [-0.4, -0.2) is 35.3 Å². The topological polar surface area (TPSA) is 41.2 Å². The van der Waals surface area contributed by atoms with E-state index in [-0.39, 0.29) is 0 Å². The average Bonchev–Trinajstić information content (AvgIpc) is 2.70. The lowest BCUT2D eigenvalue weighted by molar-refractivity contribution is -0.133. The molecule has 2 aromatic heterocycles. The van der Waals surface area contributed by atoms with Crippen LogP contribution in [0.25, 0.3) is 11.0 Å². The van der Waals surface area contributed by atoms with Gasteiger partial charge in [0, 0.05) is 34.7 Å². The standard InChI is InChI=1S/C12H12IN3O/c13-11-4-15-12-10(11)1-7(3-14-12)16-5-8-2-9(6-16)17-8/h1,3-4,8-9H,2,5-6H2,(H,14,15). The Kier molecular flexibility index (Phi) is 2.14. The van der Waals surface area contributed by atoms with Crippen molar-refractivity contribution in [1.82, 2.24) is 9.97 Å². The van der Waals surface area contributed by atoms with Gasteiger partial charge in [0.25, 0.3) is 0 Å². The van der Waals surface area contributed by atoms with Crippen molar-refractivity contribution in [3.63, 3.8) is 0 Å². The number of hydrogen-bond donors (Lipinski definition) is 1. The van der Waals surface area contributed by atoms with Gasteiger partial charge in [0.15, 0.2) is 0 Å². The molecular weight excluding hydrogens is 329 g/mol. The van der Waals surface area contributed by atoms with Gasteiger partial charge in [-0.1, -0.05) is 0 Å². The molecule has 3 aliphatic rings. The van der Waals surface area contributed by atoms with E-state index in [0.29, 0.717) is 12.2 Å². The van der Waals surface area contributed by atoms with Crippen LogP contribution in [0.1, 0.15) is 6.42 Å². The number of hydrogen-bond acceptors (Lipinski definition) is 3. The molecular formula is C12H12IN3O. The third-order valence-electron chi connectivity index (χ3n) is 3.59. The number of piperidine rings is 1. The van der Waals surface area contributed by atoms with Crippen LogP contribution in [0.15, 0.2) is 18.5 Å². The van der Waals surface area contributed by atoms with Gasteiger partial charge in [-0.2, -0.15) is 0 Å². The molecule has 2 atom stereocenters. The minimum atomic E-state index is 0.440. The zero-order valence-electron chi connectivity index (χ0n) is 9.19. The number of ether oxygens (including phenoxy) is 1. The number of pyridine rings is 1. The second-order valence-electron chi connectivity index (χ2n) is 4.75. The molecule has 0 spiro atoms. The number of anilines is 1. The van der Waals surface area contributed by atoms with Crippen molar-refractivity contribution in [2.45, 2.75) is 18.6 Å². The lowest BCUT2D eigenvalue weighted by atomic mass is 9.98. The van der Waals surface area contributed by atoms with E-state index in [2.05, 4.69) is 43.5 Å². The van der Waals surface area contributed by atoms with Crippen molar-refractivity contribution in [3.05, 3.63) is 22.0 Å². The number of fused-ring (bicyclic) bond motifs is 3. The SMILES string of the molecule is Ic1c[nH]c2ncc(N3CC4CC(C3)O4)cc12. The summed E-state index contributed by atoms with van der Waals surface area (Å²) in [5.74, 6) is 0. The molecule has 0 radical (unpaired) electrons. The van der Waals surface area contributed by atoms with Gasteiger partial charge in [-0.25, -0.2) is 4.98 Å². The summed E-state index contributed by atoms with van der Waals surface area (Å²) >= 11 is 2.34. The monoisotopic (exact) mass is 341 g/mol. The fraction of sp³-hybridized carbons (Fsp3) is 0.417. The summed E-state index contributed by atoms with van der Waals surface area (Å²) in [6, 6.07) is 2.23. The first-order valence-corrected chi connectivity index (χ1v) is 6.90. The Morgan fingerprint density at radius 1 is 1.41 bits per heavy atom. The summed E-state index contributed by atoms with van der Waals surface area (Å²) in [4.78, 5) is 10.0. The van der Waals surface area contributed by atoms with Gasteiger partial charge in [-0.05, 0) is 28.7 Å². The van der Waals surface area contributed by atoms with Gasteiger partial charge in [0.05, 0.1) is 24.1 Å². The lowest BCUT2D eigenvalue weighted by Gasteiger charge is -2.47. The summed E-state index contributed by atoms with van der Waals surface area (Å²) in [5, 5.41) is 1.21. The maximum Gasteiger partial charge on any atom is 0.138 e. The molecule has 17 heavy (non-hydrogen) atoms. The molecule has 0 aliphatic carbocycles. The van der Waals surface area contributed by atoms with Gasteiger partial charge in [-0.15, -0.1) is 0 Å². The van der Waals surface area contributed by atoms with Crippen LogP contribution in [-0.2, 0) is 4.74 Å². The van der Waals surface area contributed by atoms with Crippen LogP contribution in [0.4, 0.5) is 5.69 Å². The Morgan fingerprint density at radius 3 is 2.94 bits per heavy atom. The van der Waals surface area contributed by atoms with Crippen LogP contribution < -0.4 is 4.90 Å². The molecule has 3 aliphatic heterocycles. The molecule has 2 bridgehead atoms. The molecule has 0 amide bonds. The van der Waals surface area contributed by atoms with E-state index in [4.69, 9.17) is 4.74 Å². The Labute approximate surface area is 112 Å². The van der Waals surface area contributed by atoms with Crippen molar-refractivity contribution in [2.24, 2.45) is 0 Å². The van der Waals surface area contributed by atoms with Crippen LogP contribution in [0.2, 0.25) is 0 Å². The molecule has 5 heterocycles. The summed E-state index contributed by atoms with van der Waals surface area (Å²) in [6.07, 6.45) is 6.07. The minimum absolute atomic E-state index is 0.440. The van der Waals surface area contributed by atoms with Gasteiger partial charge >= 0.3 is 0 Å². The van der Waals surface area contributed by atoms with Crippen molar-refractivity contribution in [2.75, 3.05) is 18.0 Å². The third kappa shape index (κ3) is 1.55. The molecule has 2 aromatic rings. The first kappa shape index (κ1) is 10.1. The number of aromatic amines is 1. The zero-order chi connectivity index (χ0) is 11.4. The molecule has 88 valence electrons. The van der Waals surface area contributed by atoms with E-state index in [1.165, 1.54) is 21.1 Å². The van der Waals surface area contributed by atoms with E-state index >= 15 is 0 Å². The molecule has 5 heteroatoms. The van der Waals surface area contributed by atoms with Gasteiger partial charge in [0.2, 0.25) is 0 Å². The normalized spacial score (nSPS) is 27.2. The van der Waals surface area contributed by atoms with Crippen molar-refractivity contribution in [3.8, 4) is 0 Å². The number of halogens is 1. The van der Waals surface area contributed by atoms with E-state index < -0.39 is 0 Å². The quantitative estimate of drug-likeness (QED) is 0.808. The number of nitrogens with one attached hydrogen (secondary N) is 1. The largest absolute Gasteiger partial charge is 0.371 e. The lowest BCUT2D eigenvalue weighted by Crippen LogP contribution is -2.57. The molecule has 0 aromatic carbocycles. The molecule has 2 unspecified atom stereocenters. The van der Waals surface area contributed by atoms with Crippen LogP contribution in [0.5, 0.6) is 0 Å². The Bertz CT molecular complexity index is 566. The van der Waals surface area contributed by atoms with E-state index in [0.717, 1.165) is 18.7 Å². The van der Waals surface area contributed by atoms with Crippen LogP contribution in [0.3, 0.4) is 0 Å². The molecule has 3 saturated heterocycles. The fourth-order valence-corrected chi connectivity index (χ4v) is 3.27. The highest BCUT2D eigenvalue weighted by atomic mass is 127. The highest BCUT2D eigenvalue weighted by Gasteiger charge is 2.38. The van der Waals surface area contributed by atoms with Crippen LogP contribution >= 0.6 is 22.6 Å². The van der Waals surface area contributed by atoms with Gasteiger partial charge in [0.1, 0.15) is 5.65 Å². The molecule has 1 N–H and O–H groups in total. The summed E-state index contributed by atoms with van der Waals surface area (Å²) in [7, 11) is 0. The van der Waals surface area contributed by atoms with Gasteiger partial charge in [-0.3, -0.25) is 0 Å². The number of morpholine rings is 1. The molecule has 0 saturated carbocycles. The van der Waals surface area contributed by atoms with E-state index in [1.807, 2.05) is 12.4 Å². The minimum Gasteiger partial charge on any atom is -0.371 e. The number of aromatic nitrogens is 2. The number of H-pyrrole nitrogens is 1. The van der Waals surface area contributed by atoms with E-state index in [1.54, 1.807) is 0 Å².